The lowest BCUT2D eigenvalue weighted by Crippen LogP contribution is -2.16. The molecule has 0 N–H and O–H groups in total. The number of hydrogen-bond acceptors (Lipinski definition) is 0. The summed E-state index contributed by atoms with van der Waals surface area (Å²) in [5.74, 6) is 0. The maximum Gasteiger partial charge on any atom is 0.0406 e. The fraction of sp³-hybridized carbons (Fsp3) is 0.400. The van der Waals surface area contributed by atoms with E-state index in [1.165, 1.54) is 22.3 Å². The van der Waals surface area contributed by atoms with E-state index in [-0.39, 0.29) is 10.8 Å². The summed E-state index contributed by atoms with van der Waals surface area (Å²) in [6.45, 7) is 13.6. The Morgan fingerprint density at radius 2 is 1.05 bits per heavy atom. The first-order chi connectivity index (χ1) is 9.57. The molecular weight excluding hydrogens is 276 g/mol. The minimum atomic E-state index is 0.141. The average Bonchev–Trinajstić information content (AvgIpc) is 2.37. The van der Waals surface area contributed by atoms with Gasteiger partial charge in [0, 0.05) is 5.02 Å². The van der Waals surface area contributed by atoms with Crippen LogP contribution in [0.3, 0.4) is 0 Å². The van der Waals surface area contributed by atoms with Crippen LogP contribution in [-0.4, -0.2) is 0 Å². The van der Waals surface area contributed by atoms with E-state index in [9.17, 15) is 0 Å². The maximum absolute atomic E-state index is 6.01. The monoisotopic (exact) mass is 300 g/mol. The van der Waals surface area contributed by atoms with Gasteiger partial charge in [-0.05, 0) is 45.2 Å². The SMILES string of the molecule is CC(C)(C)c1cc(-c2ccc(Cl)cc2)cc(C(C)(C)C)c1. The summed E-state index contributed by atoms with van der Waals surface area (Å²) in [6.07, 6.45) is 0. The molecule has 0 atom stereocenters. The smallest absolute Gasteiger partial charge is 0.0406 e. The minimum absolute atomic E-state index is 0.141. The molecule has 0 nitrogen and oxygen atoms in total. The van der Waals surface area contributed by atoms with Crippen molar-refractivity contribution in [1.29, 1.82) is 0 Å². The molecule has 0 aliphatic carbocycles. The van der Waals surface area contributed by atoms with Crippen LogP contribution in [0.5, 0.6) is 0 Å². The van der Waals surface area contributed by atoms with Gasteiger partial charge < -0.3 is 0 Å². The van der Waals surface area contributed by atoms with Crippen LogP contribution in [0, 0.1) is 0 Å². The first-order valence-corrected chi connectivity index (χ1v) is 7.87. The van der Waals surface area contributed by atoms with Crippen molar-refractivity contribution in [1.82, 2.24) is 0 Å². The first kappa shape index (κ1) is 16.1. The summed E-state index contributed by atoms with van der Waals surface area (Å²) in [4.78, 5) is 0. The molecule has 2 rings (SSSR count). The molecule has 0 heterocycles. The van der Waals surface area contributed by atoms with Gasteiger partial charge in [0.05, 0.1) is 0 Å². The Labute approximate surface area is 134 Å². The van der Waals surface area contributed by atoms with Gasteiger partial charge in [0.1, 0.15) is 0 Å². The Balaban J connectivity index is 2.63. The molecule has 112 valence electrons. The van der Waals surface area contributed by atoms with Gasteiger partial charge in [-0.2, -0.15) is 0 Å². The van der Waals surface area contributed by atoms with Gasteiger partial charge >= 0.3 is 0 Å². The van der Waals surface area contributed by atoms with Crippen molar-refractivity contribution in [2.24, 2.45) is 0 Å². The zero-order valence-corrected chi connectivity index (χ0v) is 14.7. The zero-order chi connectivity index (χ0) is 15.8. The lowest BCUT2D eigenvalue weighted by Gasteiger charge is -2.26. The molecule has 0 aliphatic heterocycles. The van der Waals surface area contributed by atoms with E-state index in [0.717, 1.165) is 5.02 Å². The van der Waals surface area contributed by atoms with E-state index in [0.29, 0.717) is 0 Å². The van der Waals surface area contributed by atoms with Crippen molar-refractivity contribution in [3.63, 3.8) is 0 Å². The van der Waals surface area contributed by atoms with Gasteiger partial charge in [-0.3, -0.25) is 0 Å². The Kier molecular flexibility index (Phi) is 4.22. The van der Waals surface area contributed by atoms with Crippen LogP contribution in [0.4, 0.5) is 0 Å². The first-order valence-electron chi connectivity index (χ1n) is 7.49. The predicted molar refractivity (Wildman–Crippen MR) is 94.3 cm³/mol. The third-order valence-corrected chi connectivity index (χ3v) is 4.09. The van der Waals surface area contributed by atoms with Crippen molar-refractivity contribution in [2.45, 2.75) is 52.4 Å². The van der Waals surface area contributed by atoms with Gasteiger partial charge in [0.25, 0.3) is 0 Å². The van der Waals surface area contributed by atoms with E-state index in [4.69, 9.17) is 11.6 Å². The normalized spacial score (nSPS) is 12.5. The van der Waals surface area contributed by atoms with Gasteiger partial charge in [0.15, 0.2) is 0 Å². The molecule has 21 heavy (non-hydrogen) atoms. The highest BCUT2D eigenvalue weighted by molar-refractivity contribution is 6.30. The lowest BCUT2D eigenvalue weighted by molar-refractivity contribution is 0.569. The third kappa shape index (κ3) is 3.89. The van der Waals surface area contributed by atoms with Crippen molar-refractivity contribution in [3.8, 4) is 11.1 Å². The quantitative estimate of drug-likeness (QED) is 0.556. The summed E-state index contributed by atoms with van der Waals surface area (Å²) in [7, 11) is 0. The van der Waals surface area contributed by atoms with Crippen LogP contribution in [-0.2, 0) is 10.8 Å². The summed E-state index contributed by atoms with van der Waals surface area (Å²) in [6, 6.07) is 15.1. The molecule has 2 aromatic carbocycles. The van der Waals surface area contributed by atoms with Crippen molar-refractivity contribution >= 4 is 11.6 Å². The van der Waals surface area contributed by atoms with Crippen LogP contribution in [0.1, 0.15) is 52.7 Å². The topological polar surface area (TPSA) is 0 Å². The summed E-state index contributed by atoms with van der Waals surface area (Å²) in [5.41, 5.74) is 5.52. The highest BCUT2D eigenvalue weighted by atomic mass is 35.5. The largest absolute Gasteiger partial charge is 0.0843 e. The van der Waals surface area contributed by atoms with Gasteiger partial charge in [-0.1, -0.05) is 83.5 Å². The number of hydrogen-bond donors (Lipinski definition) is 0. The molecule has 0 spiro atoms. The van der Waals surface area contributed by atoms with E-state index in [1.54, 1.807) is 0 Å². The Morgan fingerprint density at radius 1 is 0.619 bits per heavy atom. The number of benzene rings is 2. The van der Waals surface area contributed by atoms with Gasteiger partial charge in [-0.25, -0.2) is 0 Å². The lowest BCUT2D eigenvalue weighted by atomic mass is 9.79. The van der Waals surface area contributed by atoms with E-state index >= 15 is 0 Å². The molecule has 0 aliphatic rings. The summed E-state index contributed by atoms with van der Waals surface area (Å²) >= 11 is 6.01. The highest BCUT2D eigenvalue weighted by Crippen LogP contribution is 2.34. The van der Waals surface area contributed by atoms with Crippen molar-refractivity contribution in [2.75, 3.05) is 0 Å². The van der Waals surface area contributed by atoms with E-state index < -0.39 is 0 Å². The summed E-state index contributed by atoms with van der Waals surface area (Å²) in [5, 5.41) is 0.779. The number of rotatable bonds is 1. The van der Waals surface area contributed by atoms with Gasteiger partial charge in [-0.15, -0.1) is 0 Å². The maximum atomic E-state index is 6.01. The Bertz CT molecular complexity index is 590. The van der Waals surface area contributed by atoms with E-state index in [1.807, 2.05) is 12.1 Å². The molecule has 0 radical (unpaired) electrons. The number of halogens is 1. The second-order valence-corrected chi connectivity index (χ2v) is 8.24. The van der Waals surface area contributed by atoms with Gasteiger partial charge in [0.2, 0.25) is 0 Å². The van der Waals surface area contributed by atoms with Crippen molar-refractivity contribution in [3.05, 3.63) is 58.6 Å². The second kappa shape index (κ2) is 5.50. The van der Waals surface area contributed by atoms with Crippen LogP contribution in [0.15, 0.2) is 42.5 Å². The Hall–Kier alpha value is -1.27. The Morgan fingerprint density at radius 3 is 1.43 bits per heavy atom. The van der Waals surface area contributed by atoms with Crippen LogP contribution in [0.2, 0.25) is 5.02 Å². The molecule has 0 saturated heterocycles. The molecule has 0 saturated carbocycles. The highest BCUT2D eigenvalue weighted by Gasteiger charge is 2.20. The van der Waals surface area contributed by atoms with E-state index in [2.05, 4.69) is 71.9 Å². The second-order valence-electron chi connectivity index (χ2n) is 7.81. The average molecular weight is 301 g/mol. The van der Waals surface area contributed by atoms with Crippen molar-refractivity contribution < 1.29 is 0 Å². The van der Waals surface area contributed by atoms with Crippen LogP contribution >= 0.6 is 11.6 Å². The summed E-state index contributed by atoms with van der Waals surface area (Å²) < 4.78 is 0. The molecule has 0 amide bonds. The van der Waals surface area contributed by atoms with Crippen LogP contribution < -0.4 is 0 Å². The molecule has 0 aromatic heterocycles. The predicted octanol–water partition coefficient (Wildman–Crippen LogP) is 6.60. The molecular formula is C20H25Cl. The standard InChI is InChI=1S/C20H25Cl/c1-19(2,3)16-11-15(12-17(13-16)20(4,5)6)14-7-9-18(21)10-8-14/h7-13H,1-6H3. The zero-order valence-electron chi connectivity index (χ0n) is 13.9. The van der Waals surface area contributed by atoms with Crippen LogP contribution in [0.25, 0.3) is 11.1 Å². The molecule has 0 unspecified atom stereocenters. The molecule has 2 aromatic rings. The fourth-order valence-corrected chi connectivity index (χ4v) is 2.43. The minimum Gasteiger partial charge on any atom is -0.0843 e. The molecule has 0 fully saturated rings. The molecule has 0 bridgehead atoms. The molecule has 1 heteroatoms. The third-order valence-electron chi connectivity index (χ3n) is 3.84. The fourth-order valence-electron chi connectivity index (χ4n) is 2.30.